The van der Waals surface area contributed by atoms with E-state index in [1.54, 1.807) is 0 Å². The standard InChI is InChI=1S/C14H18FN3O4S/c1-17-12-7-10(15)11(8-13(12)18(2)23(17,20)21)16-14(19)9-3-5-22-6-4-9/h7-9H,3-6H2,1-2H3,(H,16,19). The van der Waals surface area contributed by atoms with Crippen LogP contribution in [0.1, 0.15) is 12.8 Å². The number of amides is 1. The van der Waals surface area contributed by atoms with Gasteiger partial charge in [0.15, 0.2) is 0 Å². The smallest absolute Gasteiger partial charge is 0.326 e. The third-order valence-electron chi connectivity index (χ3n) is 4.28. The predicted octanol–water partition coefficient (Wildman–Crippen LogP) is 1.32. The van der Waals surface area contributed by atoms with E-state index in [1.807, 2.05) is 0 Å². The van der Waals surface area contributed by atoms with Crippen molar-refractivity contribution in [2.45, 2.75) is 12.8 Å². The summed E-state index contributed by atoms with van der Waals surface area (Å²) in [5.41, 5.74) is 0.558. The van der Waals surface area contributed by atoms with Gasteiger partial charge in [-0.3, -0.25) is 13.4 Å². The van der Waals surface area contributed by atoms with Crippen LogP contribution in [0.15, 0.2) is 12.1 Å². The Kier molecular flexibility index (Phi) is 3.93. The highest BCUT2D eigenvalue weighted by atomic mass is 32.2. The van der Waals surface area contributed by atoms with Crippen molar-refractivity contribution in [3.63, 3.8) is 0 Å². The van der Waals surface area contributed by atoms with Crippen LogP contribution in [0, 0.1) is 11.7 Å². The summed E-state index contributed by atoms with van der Waals surface area (Å²) in [6, 6.07) is 2.47. The minimum atomic E-state index is -3.67. The molecule has 23 heavy (non-hydrogen) atoms. The highest BCUT2D eigenvalue weighted by molar-refractivity contribution is 7.94. The minimum Gasteiger partial charge on any atom is -0.381 e. The number of halogens is 1. The van der Waals surface area contributed by atoms with E-state index in [0.29, 0.717) is 31.7 Å². The van der Waals surface area contributed by atoms with Gasteiger partial charge in [-0.25, -0.2) is 4.39 Å². The molecule has 1 N–H and O–H groups in total. The number of fused-ring (bicyclic) bond motifs is 1. The van der Waals surface area contributed by atoms with Crippen molar-refractivity contribution in [2.24, 2.45) is 5.92 Å². The molecule has 0 aliphatic carbocycles. The van der Waals surface area contributed by atoms with Crippen LogP contribution in [-0.4, -0.2) is 41.6 Å². The number of ether oxygens (including phenoxy) is 1. The van der Waals surface area contributed by atoms with Crippen LogP contribution in [0.25, 0.3) is 0 Å². The van der Waals surface area contributed by atoms with Crippen LogP contribution in [-0.2, 0) is 19.7 Å². The third kappa shape index (κ3) is 2.63. The topological polar surface area (TPSA) is 79.0 Å². The lowest BCUT2D eigenvalue weighted by molar-refractivity contribution is -0.122. The first kappa shape index (κ1) is 16.0. The van der Waals surface area contributed by atoms with Crippen molar-refractivity contribution in [1.29, 1.82) is 0 Å². The lowest BCUT2D eigenvalue weighted by Gasteiger charge is -2.21. The molecule has 1 amide bonds. The van der Waals surface area contributed by atoms with Gasteiger partial charge in [-0.15, -0.1) is 0 Å². The van der Waals surface area contributed by atoms with Gasteiger partial charge in [-0.2, -0.15) is 8.42 Å². The molecule has 0 saturated carbocycles. The zero-order valence-corrected chi connectivity index (χ0v) is 13.7. The fourth-order valence-corrected chi connectivity index (χ4v) is 3.94. The van der Waals surface area contributed by atoms with E-state index in [4.69, 9.17) is 4.74 Å². The van der Waals surface area contributed by atoms with Gasteiger partial charge in [-0.1, -0.05) is 0 Å². The molecule has 7 nitrogen and oxygen atoms in total. The van der Waals surface area contributed by atoms with E-state index in [1.165, 1.54) is 20.2 Å². The number of hydrogen-bond donors (Lipinski definition) is 1. The summed E-state index contributed by atoms with van der Waals surface area (Å²) in [7, 11) is -0.927. The number of benzene rings is 1. The lowest BCUT2D eigenvalue weighted by atomic mass is 9.99. The molecule has 9 heteroatoms. The van der Waals surface area contributed by atoms with Gasteiger partial charge < -0.3 is 10.1 Å². The van der Waals surface area contributed by atoms with E-state index in [0.717, 1.165) is 14.7 Å². The number of rotatable bonds is 2. The number of nitrogens with one attached hydrogen (secondary N) is 1. The monoisotopic (exact) mass is 343 g/mol. The number of nitrogens with zero attached hydrogens (tertiary/aromatic N) is 2. The third-order valence-corrected chi connectivity index (χ3v) is 6.06. The Labute approximate surface area is 134 Å². The van der Waals surface area contributed by atoms with Crippen molar-refractivity contribution < 1.29 is 22.3 Å². The van der Waals surface area contributed by atoms with E-state index >= 15 is 0 Å². The van der Waals surface area contributed by atoms with Gasteiger partial charge >= 0.3 is 10.2 Å². The van der Waals surface area contributed by atoms with Gasteiger partial charge in [0.05, 0.1) is 17.1 Å². The minimum absolute atomic E-state index is 0.0161. The largest absolute Gasteiger partial charge is 0.381 e. The first-order valence-electron chi connectivity index (χ1n) is 7.27. The summed E-state index contributed by atoms with van der Waals surface area (Å²) in [4.78, 5) is 12.2. The predicted molar refractivity (Wildman–Crippen MR) is 84.3 cm³/mol. The molecule has 0 unspecified atom stereocenters. The first-order chi connectivity index (χ1) is 10.8. The Balaban J connectivity index is 1.88. The number of carbonyl (C=O) groups is 1. The molecule has 3 rings (SSSR count). The molecule has 2 aliphatic heterocycles. The van der Waals surface area contributed by atoms with E-state index in [2.05, 4.69) is 5.32 Å². The quantitative estimate of drug-likeness (QED) is 0.878. The van der Waals surface area contributed by atoms with E-state index in [-0.39, 0.29) is 23.2 Å². The highest BCUT2D eigenvalue weighted by Crippen LogP contribution is 2.41. The van der Waals surface area contributed by atoms with Gasteiger partial charge in [0, 0.05) is 39.3 Å². The summed E-state index contributed by atoms with van der Waals surface area (Å²) in [6.07, 6.45) is 1.19. The maximum absolute atomic E-state index is 14.2. The Bertz CT molecular complexity index is 747. The molecular formula is C14H18FN3O4S. The average Bonchev–Trinajstić information content (AvgIpc) is 2.70. The van der Waals surface area contributed by atoms with Crippen molar-refractivity contribution in [2.75, 3.05) is 41.2 Å². The number of hydrogen-bond acceptors (Lipinski definition) is 4. The van der Waals surface area contributed by atoms with Crippen molar-refractivity contribution >= 4 is 33.2 Å². The summed E-state index contributed by atoms with van der Waals surface area (Å²) in [5.74, 6) is -1.16. The molecule has 0 bridgehead atoms. The lowest BCUT2D eigenvalue weighted by Crippen LogP contribution is -2.32. The maximum Gasteiger partial charge on any atom is 0.326 e. The Morgan fingerprint density at radius 2 is 1.78 bits per heavy atom. The average molecular weight is 343 g/mol. The summed E-state index contributed by atoms with van der Waals surface area (Å²) >= 11 is 0. The fourth-order valence-electron chi connectivity index (χ4n) is 2.78. The van der Waals surface area contributed by atoms with Gasteiger partial charge in [0.1, 0.15) is 5.82 Å². The van der Waals surface area contributed by atoms with Crippen molar-refractivity contribution in [3.8, 4) is 0 Å². The second-order valence-electron chi connectivity index (χ2n) is 5.64. The second kappa shape index (κ2) is 5.64. The van der Waals surface area contributed by atoms with Crippen molar-refractivity contribution in [3.05, 3.63) is 17.9 Å². The molecule has 1 saturated heterocycles. The van der Waals surface area contributed by atoms with Gasteiger partial charge in [0.25, 0.3) is 0 Å². The summed E-state index contributed by atoms with van der Waals surface area (Å²) < 4.78 is 45.7. The first-order valence-corrected chi connectivity index (χ1v) is 8.67. The SMILES string of the molecule is CN1c2cc(F)c(NC(=O)C3CCOCC3)cc2N(C)S1(=O)=O. The van der Waals surface area contributed by atoms with Crippen LogP contribution in [0.2, 0.25) is 0 Å². The Morgan fingerprint density at radius 1 is 1.22 bits per heavy atom. The van der Waals surface area contributed by atoms with Crippen LogP contribution >= 0.6 is 0 Å². The molecule has 2 heterocycles. The molecular weight excluding hydrogens is 325 g/mol. The summed E-state index contributed by atoms with van der Waals surface area (Å²) in [6.45, 7) is 1.02. The molecule has 126 valence electrons. The zero-order valence-electron chi connectivity index (χ0n) is 12.9. The molecule has 2 aliphatic rings. The van der Waals surface area contributed by atoms with Crippen LogP contribution < -0.4 is 13.9 Å². The number of carbonyl (C=O) groups excluding carboxylic acids is 1. The Morgan fingerprint density at radius 3 is 2.39 bits per heavy atom. The molecule has 1 aromatic carbocycles. The molecule has 1 aromatic rings. The molecule has 0 spiro atoms. The van der Waals surface area contributed by atoms with Crippen LogP contribution in [0.4, 0.5) is 21.5 Å². The van der Waals surface area contributed by atoms with Crippen LogP contribution in [0.5, 0.6) is 0 Å². The normalized spacial score (nSPS) is 20.5. The maximum atomic E-state index is 14.2. The fraction of sp³-hybridized carbons (Fsp3) is 0.500. The van der Waals surface area contributed by atoms with Gasteiger partial charge in [-0.05, 0) is 18.9 Å². The zero-order chi connectivity index (χ0) is 16.8. The van der Waals surface area contributed by atoms with Crippen LogP contribution in [0.3, 0.4) is 0 Å². The molecule has 1 fully saturated rings. The van der Waals surface area contributed by atoms with Crippen molar-refractivity contribution in [1.82, 2.24) is 0 Å². The molecule has 0 aromatic heterocycles. The highest BCUT2D eigenvalue weighted by Gasteiger charge is 2.36. The molecule has 0 radical (unpaired) electrons. The summed E-state index contributed by atoms with van der Waals surface area (Å²) in [5, 5.41) is 2.56. The van der Waals surface area contributed by atoms with E-state index < -0.39 is 16.0 Å². The Hall–Kier alpha value is -1.87. The molecule has 0 atom stereocenters. The van der Waals surface area contributed by atoms with E-state index in [9.17, 15) is 17.6 Å². The number of anilines is 3. The van der Waals surface area contributed by atoms with Gasteiger partial charge in [0.2, 0.25) is 5.91 Å². The second-order valence-corrected chi connectivity index (χ2v) is 7.63.